The van der Waals surface area contributed by atoms with E-state index >= 15 is 0 Å². The molecule has 0 atom stereocenters. The molecule has 0 aliphatic heterocycles. The molecule has 2 aromatic carbocycles. The van der Waals surface area contributed by atoms with Crippen LogP contribution in [0.1, 0.15) is 5.56 Å². The summed E-state index contributed by atoms with van der Waals surface area (Å²) in [6, 6.07) is 18.9. The molecule has 3 rings (SSSR count). The van der Waals surface area contributed by atoms with Crippen LogP contribution in [0.25, 0.3) is 0 Å². The minimum Gasteiger partial charge on any atom is -0.457 e. The zero-order chi connectivity index (χ0) is 15.4. The molecule has 4 N–H and O–H groups in total. The topological polar surface area (TPSA) is 99.8 Å². The van der Waals surface area contributed by atoms with Crippen molar-refractivity contribution in [3.8, 4) is 17.6 Å². The van der Waals surface area contributed by atoms with Gasteiger partial charge in [-0.05, 0) is 36.4 Å². The molecule has 22 heavy (non-hydrogen) atoms. The van der Waals surface area contributed by atoms with Crippen molar-refractivity contribution < 1.29 is 4.74 Å². The number of nitrogen functional groups attached to an aromatic ring is 1. The number of hydrogen-bond donors (Lipinski definition) is 3. The van der Waals surface area contributed by atoms with Gasteiger partial charge in [0, 0.05) is 5.69 Å². The minimum absolute atomic E-state index is 0.175. The molecule has 0 spiro atoms. The molecule has 1 aromatic heterocycles. The summed E-state index contributed by atoms with van der Waals surface area (Å²) in [5.41, 5.74) is 6.68. The van der Waals surface area contributed by atoms with Gasteiger partial charge in [-0.1, -0.05) is 18.2 Å². The van der Waals surface area contributed by atoms with E-state index in [2.05, 4.69) is 15.5 Å². The molecule has 0 saturated heterocycles. The molecule has 6 nitrogen and oxygen atoms in total. The standard InChI is InChI=1S/C16H13N5O/c17-10-14-15(18)20-21-16(14)19-11-6-8-13(9-7-11)22-12-4-2-1-3-5-12/h1-9H,(H4,18,19,20,21). The maximum absolute atomic E-state index is 9.02. The Bertz CT molecular complexity index is 803. The van der Waals surface area contributed by atoms with Crippen molar-refractivity contribution in [3.63, 3.8) is 0 Å². The smallest absolute Gasteiger partial charge is 0.165 e. The van der Waals surface area contributed by atoms with Crippen molar-refractivity contribution in [2.24, 2.45) is 0 Å². The van der Waals surface area contributed by atoms with Gasteiger partial charge in [-0.15, -0.1) is 0 Å². The molecule has 0 fully saturated rings. The molecule has 0 aliphatic carbocycles. The Hall–Kier alpha value is -3.46. The summed E-state index contributed by atoms with van der Waals surface area (Å²) < 4.78 is 5.71. The van der Waals surface area contributed by atoms with Crippen LogP contribution in [0.4, 0.5) is 17.3 Å². The van der Waals surface area contributed by atoms with Crippen LogP contribution in [0, 0.1) is 11.3 Å². The molecule has 6 heteroatoms. The van der Waals surface area contributed by atoms with Gasteiger partial charge < -0.3 is 15.8 Å². The molecule has 0 saturated carbocycles. The van der Waals surface area contributed by atoms with Crippen molar-refractivity contribution >= 4 is 17.3 Å². The Balaban J connectivity index is 1.73. The van der Waals surface area contributed by atoms with Gasteiger partial charge in [0.1, 0.15) is 28.9 Å². The number of benzene rings is 2. The first-order valence-electron chi connectivity index (χ1n) is 6.60. The fourth-order valence-corrected chi connectivity index (χ4v) is 1.93. The van der Waals surface area contributed by atoms with Gasteiger partial charge >= 0.3 is 0 Å². The predicted octanol–water partition coefficient (Wildman–Crippen LogP) is 3.40. The van der Waals surface area contributed by atoms with Crippen molar-refractivity contribution in [2.75, 3.05) is 11.1 Å². The van der Waals surface area contributed by atoms with E-state index in [4.69, 9.17) is 15.7 Å². The maximum atomic E-state index is 9.02. The van der Waals surface area contributed by atoms with E-state index in [0.717, 1.165) is 17.2 Å². The van der Waals surface area contributed by atoms with Crippen LogP contribution in [0.15, 0.2) is 54.6 Å². The van der Waals surface area contributed by atoms with Gasteiger partial charge in [0.05, 0.1) is 0 Å². The zero-order valence-corrected chi connectivity index (χ0v) is 11.6. The Morgan fingerprint density at radius 3 is 2.41 bits per heavy atom. The third-order valence-electron chi connectivity index (χ3n) is 3.01. The van der Waals surface area contributed by atoms with Crippen LogP contribution in [0.3, 0.4) is 0 Å². The van der Waals surface area contributed by atoms with Crippen LogP contribution in [-0.4, -0.2) is 10.2 Å². The molecular formula is C16H13N5O. The SMILES string of the molecule is N#Cc1c(N)n[nH]c1Nc1ccc(Oc2ccccc2)cc1. The highest BCUT2D eigenvalue weighted by atomic mass is 16.5. The highest BCUT2D eigenvalue weighted by Crippen LogP contribution is 2.25. The lowest BCUT2D eigenvalue weighted by Crippen LogP contribution is -1.94. The highest BCUT2D eigenvalue weighted by molar-refractivity contribution is 5.69. The van der Waals surface area contributed by atoms with Gasteiger partial charge in [0.2, 0.25) is 0 Å². The van der Waals surface area contributed by atoms with Crippen molar-refractivity contribution in [1.82, 2.24) is 10.2 Å². The lowest BCUT2D eigenvalue weighted by Gasteiger charge is -2.07. The molecular weight excluding hydrogens is 278 g/mol. The fourth-order valence-electron chi connectivity index (χ4n) is 1.93. The molecule has 0 bridgehead atoms. The molecule has 3 aromatic rings. The van der Waals surface area contributed by atoms with Gasteiger partial charge in [0.25, 0.3) is 0 Å². The summed E-state index contributed by atoms with van der Waals surface area (Å²) in [6.45, 7) is 0. The summed E-state index contributed by atoms with van der Waals surface area (Å²) in [7, 11) is 0. The number of aromatic nitrogens is 2. The largest absolute Gasteiger partial charge is 0.457 e. The van der Waals surface area contributed by atoms with E-state index in [0.29, 0.717) is 11.4 Å². The number of aromatic amines is 1. The Morgan fingerprint density at radius 1 is 1.05 bits per heavy atom. The van der Waals surface area contributed by atoms with E-state index in [9.17, 15) is 0 Å². The normalized spacial score (nSPS) is 9.95. The first kappa shape index (κ1) is 13.5. The number of H-pyrrole nitrogens is 1. The van der Waals surface area contributed by atoms with Crippen molar-refractivity contribution in [1.29, 1.82) is 5.26 Å². The van der Waals surface area contributed by atoms with E-state index in [-0.39, 0.29) is 5.82 Å². The summed E-state index contributed by atoms with van der Waals surface area (Å²) in [4.78, 5) is 0. The Kier molecular flexibility index (Phi) is 3.62. The number of para-hydroxylation sites is 1. The third-order valence-corrected chi connectivity index (χ3v) is 3.01. The predicted molar refractivity (Wildman–Crippen MR) is 84.0 cm³/mol. The summed E-state index contributed by atoms with van der Waals surface area (Å²) >= 11 is 0. The number of rotatable bonds is 4. The summed E-state index contributed by atoms with van der Waals surface area (Å²) in [5.74, 6) is 2.14. The number of hydrogen-bond acceptors (Lipinski definition) is 5. The van der Waals surface area contributed by atoms with Gasteiger partial charge in [-0.2, -0.15) is 10.4 Å². The molecule has 0 unspecified atom stereocenters. The average molecular weight is 291 g/mol. The van der Waals surface area contributed by atoms with E-state index in [1.165, 1.54) is 0 Å². The number of anilines is 3. The summed E-state index contributed by atoms with van der Waals surface area (Å²) in [5, 5.41) is 18.6. The van der Waals surface area contributed by atoms with Crippen LogP contribution >= 0.6 is 0 Å². The molecule has 0 radical (unpaired) electrons. The zero-order valence-electron chi connectivity index (χ0n) is 11.6. The second kappa shape index (κ2) is 5.89. The molecule has 1 heterocycles. The number of ether oxygens (including phenoxy) is 1. The third kappa shape index (κ3) is 2.83. The lowest BCUT2D eigenvalue weighted by atomic mass is 10.2. The first-order valence-corrected chi connectivity index (χ1v) is 6.60. The van der Waals surface area contributed by atoms with E-state index in [1.54, 1.807) is 0 Å². The average Bonchev–Trinajstić information content (AvgIpc) is 2.90. The summed E-state index contributed by atoms with van der Waals surface area (Å²) in [6.07, 6.45) is 0. The first-order chi connectivity index (χ1) is 10.8. The highest BCUT2D eigenvalue weighted by Gasteiger charge is 2.10. The van der Waals surface area contributed by atoms with E-state index in [1.807, 2.05) is 60.7 Å². The van der Waals surface area contributed by atoms with Crippen molar-refractivity contribution in [2.45, 2.75) is 0 Å². The molecule has 0 amide bonds. The second-order valence-electron chi connectivity index (χ2n) is 4.54. The number of nitrogens with one attached hydrogen (secondary N) is 2. The minimum atomic E-state index is 0.175. The van der Waals surface area contributed by atoms with Gasteiger partial charge in [-0.25, -0.2) is 0 Å². The van der Waals surface area contributed by atoms with Crippen LogP contribution in [0.2, 0.25) is 0 Å². The second-order valence-corrected chi connectivity index (χ2v) is 4.54. The number of nitrogens with zero attached hydrogens (tertiary/aromatic N) is 2. The quantitative estimate of drug-likeness (QED) is 0.684. The molecule has 108 valence electrons. The number of nitrogens with two attached hydrogens (primary N) is 1. The lowest BCUT2D eigenvalue weighted by molar-refractivity contribution is 0.483. The van der Waals surface area contributed by atoms with Crippen LogP contribution in [-0.2, 0) is 0 Å². The van der Waals surface area contributed by atoms with Crippen LogP contribution in [0.5, 0.6) is 11.5 Å². The monoisotopic (exact) mass is 291 g/mol. The van der Waals surface area contributed by atoms with Gasteiger partial charge in [-0.3, -0.25) is 5.10 Å². The number of nitriles is 1. The van der Waals surface area contributed by atoms with E-state index < -0.39 is 0 Å². The maximum Gasteiger partial charge on any atom is 0.165 e. The van der Waals surface area contributed by atoms with Gasteiger partial charge in [0.15, 0.2) is 5.82 Å². The Morgan fingerprint density at radius 2 is 1.73 bits per heavy atom. The van der Waals surface area contributed by atoms with Crippen LogP contribution < -0.4 is 15.8 Å². The molecule has 0 aliphatic rings. The fraction of sp³-hybridized carbons (Fsp3) is 0. The van der Waals surface area contributed by atoms with Crippen molar-refractivity contribution in [3.05, 3.63) is 60.2 Å². The Labute approximate surface area is 127 Å².